The van der Waals surface area contributed by atoms with Gasteiger partial charge in [-0.15, -0.1) is 0 Å². The number of H-pyrrole nitrogens is 2. The second-order valence-electron chi connectivity index (χ2n) is 5.93. The number of aromatic amines is 2. The zero-order chi connectivity index (χ0) is 17.1. The Labute approximate surface area is 140 Å². The van der Waals surface area contributed by atoms with Crippen LogP contribution in [0.4, 0.5) is 0 Å². The Morgan fingerprint density at radius 2 is 2.08 bits per heavy atom. The molecule has 5 nitrogen and oxygen atoms in total. The molecular formula is C19H21N3O2. The molecule has 0 bridgehead atoms. The first-order chi connectivity index (χ1) is 11.6. The SMILES string of the molecule is CCc1cc(C(=O)NCCc2c[nH]c3c(C)cccc23)cc(=O)[nH]1. The van der Waals surface area contributed by atoms with E-state index < -0.39 is 0 Å². The molecule has 0 atom stereocenters. The Kier molecular flexibility index (Phi) is 4.51. The molecule has 2 heterocycles. The van der Waals surface area contributed by atoms with Crippen molar-refractivity contribution in [3.05, 3.63) is 69.3 Å². The first kappa shape index (κ1) is 16.1. The van der Waals surface area contributed by atoms with Crippen molar-refractivity contribution >= 4 is 16.8 Å². The van der Waals surface area contributed by atoms with Crippen LogP contribution in [-0.2, 0) is 12.8 Å². The molecule has 0 unspecified atom stereocenters. The topological polar surface area (TPSA) is 77.8 Å². The van der Waals surface area contributed by atoms with Crippen molar-refractivity contribution in [2.45, 2.75) is 26.7 Å². The number of fused-ring (bicyclic) bond motifs is 1. The number of hydrogen-bond acceptors (Lipinski definition) is 2. The van der Waals surface area contributed by atoms with Crippen molar-refractivity contribution in [3.63, 3.8) is 0 Å². The van der Waals surface area contributed by atoms with Gasteiger partial charge in [0.25, 0.3) is 5.91 Å². The van der Waals surface area contributed by atoms with E-state index in [9.17, 15) is 9.59 Å². The Bertz CT molecular complexity index is 937. The Morgan fingerprint density at radius 3 is 2.88 bits per heavy atom. The Hall–Kier alpha value is -2.82. The molecule has 124 valence electrons. The number of nitrogens with one attached hydrogen (secondary N) is 3. The lowest BCUT2D eigenvalue weighted by molar-refractivity contribution is 0.0954. The van der Waals surface area contributed by atoms with E-state index in [1.165, 1.54) is 22.6 Å². The fraction of sp³-hybridized carbons (Fsp3) is 0.263. The summed E-state index contributed by atoms with van der Waals surface area (Å²) >= 11 is 0. The molecule has 0 aliphatic rings. The molecule has 1 amide bonds. The molecule has 0 saturated carbocycles. The highest BCUT2D eigenvalue weighted by Gasteiger charge is 2.09. The third-order valence-corrected chi connectivity index (χ3v) is 4.23. The summed E-state index contributed by atoms with van der Waals surface area (Å²) in [4.78, 5) is 29.8. The van der Waals surface area contributed by atoms with E-state index in [4.69, 9.17) is 0 Å². The highest BCUT2D eigenvalue weighted by atomic mass is 16.2. The summed E-state index contributed by atoms with van der Waals surface area (Å²) in [7, 11) is 0. The molecule has 0 aliphatic heterocycles. The van der Waals surface area contributed by atoms with Crippen LogP contribution in [0.5, 0.6) is 0 Å². The van der Waals surface area contributed by atoms with E-state index in [0.29, 0.717) is 18.5 Å². The van der Waals surface area contributed by atoms with E-state index >= 15 is 0 Å². The zero-order valence-corrected chi connectivity index (χ0v) is 13.9. The maximum atomic E-state index is 12.2. The minimum absolute atomic E-state index is 0.216. The number of carbonyl (C=O) groups excluding carboxylic acids is 1. The molecule has 2 aromatic heterocycles. The number of hydrogen-bond donors (Lipinski definition) is 3. The predicted octanol–water partition coefficient (Wildman–Crippen LogP) is 2.70. The quantitative estimate of drug-likeness (QED) is 0.675. The molecule has 3 N–H and O–H groups in total. The second kappa shape index (κ2) is 6.74. The monoisotopic (exact) mass is 323 g/mol. The Morgan fingerprint density at radius 1 is 1.25 bits per heavy atom. The number of carbonyl (C=O) groups is 1. The number of aromatic nitrogens is 2. The van der Waals surface area contributed by atoms with Crippen LogP contribution in [0.3, 0.4) is 0 Å². The van der Waals surface area contributed by atoms with Crippen LogP contribution in [0.1, 0.15) is 34.1 Å². The van der Waals surface area contributed by atoms with Gasteiger partial charge in [0.1, 0.15) is 0 Å². The van der Waals surface area contributed by atoms with Crippen molar-refractivity contribution in [1.29, 1.82) is 0 Å². The van der Waals surface area contributed by atoms with Gasteiger partial charge < -0.3 is 15.3 Å². The molecule has 0 fully saturated rings. The number of amides is 1. The van der Waals surface area contributed by atoms with Crippen molar-refractivity contribution < 1.29 is 4.79 Å². The average molecular weight is 323 g/mol. The largest absolute Gasteiger partial charge is 0.361 e. The maximum Gasteiger partial charge on any atom is 0.251 e. The molecule has 0 spiro atoms. The summed E-state index contributed by atoms with van der Waals surface area (Å²) < 4.78 is 0. The molecular weight excluding hydrogens is 302 g/mol. The lowest BCUT2D eigenvalue weighted by Gasteiger charge is -2.06. The van der Waals surface area contributed by atoms with E-state index in [0.717, 1.165) is 17.6 Å². The molecule has 3 aromatic rings. The zero-order valence-electron chi connectivity index (χ0n) is 13.9. The van der Waals surface area contributed by atoms with E-state index in [1.54, 1.807) is 6.07 Å². The summed E-state index contributed by atoms with van der Waals surface area (Å²) in [5.74, 6) is -0.216. The van der Waals surface area contributed by atoms with Crippen LogP contribution in [0.25, 0.3) is 10.9 Å². The van der Waals surface area contributed by atoms with Gasteiger partial charge in [-0.2, -0.15) is 0 Å². The summed E-state index contributed by atoms with van der Waals surface area (Å²) in [5.41, 5.74) is 4.45. The normalized spacial score (nSPS) is 10.9. The predicted molar refractivity (Wildman–Crippen MR) is 95.5 cm³/mol. The molecule has 24 heavy (non-hydrogen) atoms. The fourth-order valence-corrected chi connectivity index (χ4v) is 2.91. The Balaban J connectivity index is 1.67. The molecule has 5 heteroatoms. The fourth-order valence-electron chi connectivity index (χ4n) is 2.91. The van der Waals surface area contributed by atoms with Crippen LogP contribution in [-0.4, -0.2) is 22.4 Å². The van der Waals surface area contributed by atoms with Gasteiger partial charge in [0.2, 0.25) is 5.56 Å². The molecule has 0 saturated heterocycles. The van der Waals surface area contributed by atoms with Gasteiger partial charge in [0.05, 0.1) is 0 Å². The van der Waals surface area contributed by atoms with Crippen molar-refractivity contribution in [2.75, 3.05) is 6.54 Å². The minimum atomic E-state index is -0.244. The number of benzene rings is 1. The van der Waals surface area contributed by atoms with E-state index in [1.807, 2.05) is 19.2 Å². The summed E-state index contributed by atoms with van der Waals surface area (Å²) in [6, 6.07) is 9.26. The van der Waals surface area contributed by atoms with E-state index in [2.05, 4.69) is 34.3 Å². The van der Waals surface area contributed by atoms with Gasteiger partial charge in [-0.3, -0.25) is 9.59 Å². The van der Waals surface area contributed by atoms with Crippen LogP contribution in [0.2, 0.25) is 0 Å². The van der Waals surface area contributed by atoms with Gasteiger partial charge in [-0.1, -0.05) is 25.1 Å². The van der Waals surface area contributed by atoms with Gasteiger partial charge >= 0.3 is 0 Å². The van der Waals surface area contributed by atoms with Crippen molar-refractivity contribution in [1.82, 2.24) is 15.3 Å². The molecule has 3 rings (SSSR count). The molecule has 0 radical (unpaired) electrons. The minimum Gasteiger partial charge on any atom is -0.361 e. The van der Waals surface area contributed by atoms with Crippen molar-refractivity contribution in [3.8, 4) is 0 Å². The van der Waals surface area contributed by atoms with E-state index in [-0.39, 0.29) is 11.5 Å². The van der Waals surface area contributed by atoms with Crippen LogP contribution in [0.15, 0.2) is 41.3 Å². The third kappa shape index (κ3) is 3.25. The standard InChI is InChI=1S/C19H21N3O2/c1-3-15-9-14(10-17(23)22-15)19(24)20-8-7-13-11-21-18-12(2)5-4-6-16(13)18/h4-6,9-11,21H,3,7-8H2,1-2H3,(H,20,24)(H,22,23). The van der Waals surface area contributed by atoms with Crippen molar-refractivity contribution in [2.24, 2.45) is 0 Å². The smallest absolute Gasteiger partial charge is 0.251 e. The maximum absolute atomic E-state index is 12.2. The highest BCUT2D eigenvalue weighted by Crippen LogP contribution is 2.21. The molecule has 1 aromatic carbocycles. The van der Waals surface area contributed by atoms with Crippen LogP contribution < -0.4 is 10.9 Å². The number of pyridine rings is 1. The number of para-hydroxylation sites is 1. The third-order valence-electron chi connectivity index (χ3n) is 4.23. The summed E-state index contributed by atoms with van der Waals surface area (Å²) in [5, 5.41) is 4.08. The first-order valence-electron chi connectivity index (χ1n) is 8.15. The highest BCUT2D eigenvalue weighted by molar-refractivity contribution is 5.94. The van der Waals surface area contributed by atoms with Crippen LogP contribution in [0, 0.1) is 6.92 Å². The summed E-state index contributed by atoms with van der Waals surface area (Å²) in [6.45, 7) is 4.53. The number of aryl methyl sites for hydroxylation is 2. The average Bonchev–Trinajstić information content (AvgIpc) is 2.99. The number of rotatable bonds is 5. The molecule has 0 aliphatic carbocycles. The van der Waals surface area contributed by atoms with Gasteiger partial charge in [-0.25, -0.2) is 0 Å². The first-order valence-corrected chi connectivity index (χ1v) is 8.15. The lowest BCUT2D eigenvalue weighted by Crippen LogP contribution is -2.27. The van der Waals surface area contributed by atoms with Gasteiger partial charge in [-0.05, 0) is 37.0 Å². The second-order valence-corrected chi connectivity index (χ2v) is 5.93. The van der Waals surface area contributed by atoms with Gasteiger partial charge in [0.15, 0.2) is 0 Å². The summed E-state index contributed by atoms with van der Waals surface area (Å²) in [6.07, 6.45) is 3.41. The lowest BCUT2D eigenvalue weighted by atomic mass is 10.1. The van der Waals surface area contributed by atoms with Crippen LogP contribution >= 0.6 is 0 Å². The van der Waals surface area contributed by atoms with Gasteiger partial charge in [0, 0.05) is 41.0 Å².